The highest BCUT2D eigenvalue weighted by atomic mass is 32.1. The molecule has 1 aromatic rings. The van der Waals surface area contributed by atoms with Gasteiger partial charge in [0.2, 0.25) is 11.8 Å². The van der Waals surface area contributed by atoms with Crippen LogP contribution in [0, 0.1) is 0 Å². The van der Waals surface area contributed by atoms with Crippen LogP contribution in [0.4, 0.5) is 0 Å². The Morgan fingerprint density at radius 2 is 2.04 bits per heavy atom. The Morgan fingerprint density at radius 1 is 1.33 bits per heavy atom. The van der Waals surface area contributed by atoms with Gasteiger partial charge in [-0.15, -0.1) is 0 Å². The quantitative estimate of drug-likeness (QED) is 0.533. The summed E-state index contributed by atoms with van der Waals surface area (Å²) in [7, 11) is 1.57. The first kappa shape index (κ1) is 20.6. The van der Waals surface area contributed by atoms with E-state index in [0.717, 1.165) is 5.56 Å². The zero-order valence-corrected chi connectivity index (χ0v) is 16.1. The Bertz CT molecular complexity index is 707. The maximum Gasteiger partial charge on any atom is 0.308 e. The molecular weight excluding hydrogens is 370 g/mol. The van der Waals surface area contributed by atoms with Crippen LogP contribution in [0.15, 0.2) is 24.3 Å². The number of ether oxygens (including phenoxy) is 2. The van der Waals surface area contributed by atoms with Crippen molar-refractivity contribution in [3.05, 3.63) is 29.8 Å². The number of hydrogen-bond donors (Lipinski definition) is 2. The fourth-order valence-electron chi connectivity index (χ4n) is 2.70. The van der Waals surface area contributed by atoms with Gasteiger partial charge in [0.15, 0.2) is 5.11 Å². The number of esters is 1. The van der Waals surface area contributed by atoms with E-state index in [1.54, 1.807) is 43.2 Å². The molecule has 0 radical (unpaired) electrons. The van der Waals surface area contributed by atoms with Gasteiger partial charge in [0, 0.05) is 13.1 Å². The van der Waals surface area contributed by atoms with Crippen molar-refractivity contribution in [2.45, 2.75) is 25.8 Å². The number of carbonyl (C=O) groups excluding carboxylic acids is 3. The molecule has 1 aliphatic rings. The fourth-order valence-corrected chi connectivity index (χ4v) is 3.03. The Hall–Kier alpha value is -2.68. The summed E-state index contributed by atoms with van der Waals surface area (Å²) < 4.78 is 10.00. The predicted molar refractivity (Wildman–Crippen MR) is 102 cm³/mol. The number of carbonyl (C=O) groups is 3. The monoisotopic (exact) mass is 393 g/mol. The van der Waals surface area contributed by atoms with Crippen LogP contribution in [0.2, 0.25) is 0 Å². The number of nitrogens with zero attached hydrogens (tertiary/aromatic N) is 1. The van der Waals surface area contributed by atoms with Gasteiger partial charge in [0.25, 0.3) is 0 Å². The van der Waals surface area contributed by atoms with E-state index < -0.39 is 12.0 Å². The van der Waals surface area contributed by atoms with Gasteiger partial charge in [-0.3, -0.25) is 14.4 Å². The maximum absolute atomic E-state index is 12.3. The largest absolute Gasteiger partial charge is 0.497 e. The number of thiocarbonyl (C=S) groups is 1. The van der Waals surface area contributed by atoms with Crippen molar-refractivity contribution in [3.63, 3.8) is 0 Å². The molecule has 2 amide bonds. The van der Waals surface area contributed by atoms with Crippen molar-refractivity contribution >= 4 is 35.1 Å². The van der Waals surface area contributed by atoms with E-state index in [1.165, 1.54) is 0 Å². The molecule has 0 spiro atoms. The van der Waals surface area contributed by atoms with Gasteiger partial charge in [0.1, 0.15) is 11.8 Å². The summed E-state index contributed by atoms with van der Waals surface area (Å²) in [5.74, 6) is -0.403. The van der Waals surface area contributed by atoms with Gasteiger partial charge in [-0.1, -0.05) is 12.1 Å². The molecule has 9 heteroatoms. The number of methoxy groups -OCH3 is 1. The molecule has 0 saturated carbocycles. The lowest BCUT2D eigenvalue weighted by Crippen LogP contribution is -2.60. The molecule has 8 nitrogen and oxygen atoms in total. The maximum atomic E-state index is 12.3. The number of rotatable bonds is 6. The van der Waals surface area contributed by atoms with Crippen LogP contribution in [-0.4, -0.2) is 60.6 Å². The molecule has 1 aliphatic heterocycles. The summed E-state index contributed by atoms with van der Waals surface area (Å²) in [6, 6.07) is 6.32. The summed E-state index contributed by atoms with van der Waals surface area (Å²) in [6.45, 7) is 2.71. The molecule has 1 aromatic carbocycles. The molecule has 146 valence electrons. The SMILES string of the molecule is CCOC(=O)CC1C(=O)NCCN1C(=S)NC(=O)Cc1ccc(OC)cc1. The topological polar surface area (TPSA) is 97.0 Å². The van der Waals surface area contributed by atoms with Crippen LogP contribution >= 0.6 is 12.2 Å². The molecule has 27 heavy (non-hydrogen) atoms. The van der Waals surface area contributed by atoms with Crippen LogP contribution in [-0.2, 0) is 25.5 Å². The molecule has 1 unspecified atom stereocenters. The Labute approximate surface area is 163 Å². The minimum Gasteiger partial charge on any atom is -0.497 e. The van der Waals surface area contributed by atoms with Crippen LogP contribution in [0.5, 0.6) is 5.75 Å². The van der Waals surface area contributed by atoms with Crippen molar-refractivity contribution < 1.29 is 23.9 Å². The van der Waals surface area contributed by atoms with Crippen molar-refractivity contribution in [1.29, 1.82) is 0 Å². The highest BCUT2D eigenvalue weighted by molar-refractivity contribution is 7.80. The van der Waals surface area contributed by atoms with E-state index in [0.29, 0.717) is 18.8 Å². The second-order valence-electron chi connectivity index (χ2n) is 5.89. The molecule has 2 rings (SSSR count). The predicted octanol–water partition coefficient (Wildman–Crippen LogP) is 0.392. The van der Waals surface area contributed by atoms with Gasteiger partial charge in [-0.05, 0) is 36.8 Å². The number of benzene rings is 1. The minimum atomic E-state index is -0.799. The Balaban J connectivity index is 1.97. The lowest BCUT2D eigenvalue weighted by molar-refractivity contribution is -0.147. The van der Waals surface area contributed by atoms with Crippen molar-refractivity contribution in [1.82, 2.24) is 15.5 Å². The standard InChI is InChI=1S/C18H23N3O5S/c1-3-26-16(23)11-14-17(24)19-8-9-21(14)18(27)20-15(22)10-12-4-6-13(25-2)7-5-12/h4-7,14H,3,8-11H2,1-2H3,(H,19,24)(H,20,22,27). The van der Waals surface area contributed by atoms with E-state index in [9.17, 15) is 14.4 Å². The molecule has 1 atom stereocenters. The van der Waals surface area contributed by atoms with Crippen LogP contribution < -0.4 is 15.4 Å². The first-order valence-electron chi connectivity index (χ1n) is 8.61. The Kier molecular flexibility index (Phi) is 7.54. The van der Waals surface area contributed by atoms with Crippen molar-refractivity contribution in [2.24, 2.45) is 0 Å². The fraction of sp³-hybridized carbons (Fsp3) is 0.444. The van der Waals surface area contributed by atoms with E-state index in [2.05, 4.69) is 10.6 Å². The molecule has 0 aliphatic carbocycles. The zero-order chi connectivity index (χ0) is 19.8. The normalized spacial score (nSPS) is 16.3. The highest BCUT2D eigenvalue weighted by Crippen LogP contribution is 2.13. The zero-order valence-electron chi connectivity index (χ0n) is 15.3. The molecular formula is C18H23N3O5S. The lowest BCUT2D eigenvalue weighted by Gasteiger charge is -2.36. The summed E-state index contributed by atoms with van der Waals surface area (Å²) in [6.07, 6.45) is 0.000870. The number of hydrogen-bond acceptors (Lipinski definition) is 6. The third-order valence-electron chi connectivity index (χ3n) is 4.03. The smallest absolute Gasteiger partial charge is 0.308 e. The highest BCUT2D eigenvalue weighted by Gasteiger charge is 2.34. The summed E-state index contributed by atoms with van der Waals surface area (Å²) >= 11 is 5.30. The molecule has 0 bridgehead atoms. The van der Waals surface area contributed by atoms with Gasteiger partial charge >= 0.3 is 5.97 Å². The van der Waals surface area contributed by atoms with E-state index >= 15 is 0 Å². The number of amides is 2. The summed E-state index contributed by atoms with van der Waals surface area (Å²) in [5, 5.41) is 5.46. The molecule has 0 aromatic heterocycles. The average molecular weight is 393 g/mol. The van der Waals surface area contributed by atoms with Crippen molar-refractivity contribution in [3.8, 4) is 5.75 Å². The second-order valence-corrected chi connectivity index (χ2v) is 6.27. The van der Waals surface area contributed by atoms with Crippen LogP contribution in [0.1, 0.15) is 18.9 Å². The summed E-state index contributed by atoms with van der Waals surface area (Å²) in [5.41, 5.74) is 0.801. The van der Waals surface area contributed by atoms with Gasteiger partial charge in [-0.2, -0.15) is 0 Å². The molecule has 2 N–H and O–H groups in total. The lowest BCUT2D eigenvalue weighted by atomic mass is 10.1. The minimum absolute atomic E-state index is 0.123. The molecule has 1 fully saturated rings. The van der Waals surface area contributed by atoms with Crippen LogP contribution in [0.25, 0.3) is 0 Å². The third-order valence-corrected chi connectivity index (χ3v) is 4.36. The average Bonchev–Trinajstić information content (AvgIpc) is 2.64. The van der Waals surface area contributed by atoms with Crippen LogP contribution in [0.3, 0.4) is 0 Å². The van der Waals surface area contributed by atoms with E-state index in [1.807, 2.05) is 0 Å². The Morgan fingerprint density at radius 3 is 2.67 bits per heavy atom. The van der Waals surface area contributed by atoms with Gasteiger partial charge in [0.05, 0.1) is 26.6 Å². The van der Waals surface area contributed by atoms with E-state index in [4.69, 9.17) is 21.7 Å². The third kappa shape index (κ3) is 5.92. The van der Waals surface area contributed by atoms with Crippen molar-refractivity contribution in [2.75, 3.05) is 26.8 Å². The summed E-state index contributed by atoms with van der Waals surface area (Å²) in [4.78, 5) is 37.7. The first-order valence-corrected chi connectivity index (χ1v) is 9.02. The first-order chi connectivity index (χ1) is 12.9. The second kappa shape index (κ2) is 9.86. The van der Waals surface area contributed by atoms with E-state index in [-0.39, 0.29) is 36.4 Å². The van der Waals surface area contributed by atoms with Gasteiger partial charge < -0.3 is 25.0 Å². The molecule has 1 heterocycles. The number of piperazine rings is 1. The van der Waals surface area contributed by atoms with Gasteiger partial charge in [-0.25, -0.2) is 0 Å². The number of nitrogens with one attached hydrogen (secondary N) is 2. The molecule has 1 saturated heterocycles.